The maximum absolute atomic E-state index is 11.3. The molecule has 1 fully saturated rings. The summed E-state index contributed by atoms with van der Waals surface area (Å²) in [6.07, 6.45) is 1.75. The first-order valence-electron chi connectivity index (χ1n) is 6.20. The van der Waals surface area contributed by atoms with Gasteiger partial charge in [-0.25, -0.2) is 4.79 Å². The van der Waals surface area contributed by atoms with Gasteiger partial charge in [0.2, 0.25) is 0 Å². The van der Waals surface area contributed by atoms with Crippen molar-refractivity contribution >= 4 is 12.1 Å². The van der Waals surface area contributed by atoms with E-state index >= 15 is 0 Å². The summed E-state index contributed by atoms with van der Waals surface area (Å²) in [7, 11) is 1.60. The Bertz CT molecular complexity index is 474. The van der Waals surface area contributed by atoms with Crippen LogP contribution in [0.15, 0.2) is 24.8 Å². The molecule has 0 unspecified atom stereocenters. The molecular weight excluding hydrogens is 244 g/mol. The largest absolute Gasteiger partial charge is 0.493 e. The fourth-order valence-corrected chi connectivity index (χ4v) is 1.92. The van der Waals surface area contributed by atoms with Gasteiger partial charge in [-0.3, -0.25) is 0 Å². The highest BCUT2D eigenvalue weighted by Gasteiger charge is 2.18. The molecule has 0 atom stereocenters. The summed E-state index contributed by atoms with van der Waals surface area (Å²) in [5.41, 5.74) is 0.975. The molecule has 1 aliphatic rings. The van der Waals surface area contributed by atoms with Crippen LogP contribution in [0.25, 0.3) is 6.08 Å². The van der Waals surface area contributed by atoms with Crippen LogP contribution in [-0.4, -0.2) is 44.3 Å². The van der Waals surface area contributed by atoms with Crippen molar-refractivity contribution in [1.82, 2.24) is 10.2 Å². The van der Waals surface area contributed by atoms with Crippen molar-refractivity contribution in [3.8, 4) is 11.5 Å². The van der Waals surface area contributed by atoms with E-state index in [1.54, 1.807) is 18.1 Å². The van der Waals surface area contributed by atoms with Gasteiger partial charge in [-0.05, 0) is 17.7 Å². The van der Waals surface area contributed by atoms with Gasteiger partial charge in [0, 0.05) is 13.1 Å². The van der Waals surface area contributed by atoms with E-state index in [-0.39, 0.29) is 6.03 Å². The maximum Gasteiger partial charge on any atom is 0.317 e. The fraction of sp³-hybridized carbons (Fsp3) is 0.357. The number of carbonyl (C=O) groups excluding carboxylic acids is 1. The molecule has 1 N–H and O–H groups in total. The third-order valence-electron chi connectivity index (χ3n) is 2.99. The summed E-state index contributed by atoms with van der Waals surface area (Å²) in [6, 6.07) is 5.59. The van der Waals surface area contributed by atoms with Crippen LogP contribution in [0.3, 0.4) is 0 Å². The number of ether oxygens (including phenoxy) is 2. The van der Waals surface area contributed by atoms with Gasteiger partial charge >= 0.3 is 6.03 Å². The van der Waals surface area contributed by atoms with Crippen LogP contribution in [0, 0.1) is 0 Å². The predicted molar refractivity (Wildman–Crippen MR) is 73.6 cm³/mol. The van der Waals surface area contributed by atoms with Crippen molar-refractivity contribution in [1.29, 1.82) is 0 Å². The minimum atomic E-state index is -0.0300. The SMILES string of the molecule is C=Cc1ccc(OCCN2CCNC2=O)c(OC)c1. The van der Waals surface area contributed by atoms with E-state index in [9.17, 15) is 4.79 Å². The zero-order valence-corrected chi connectivity index (χ0v) is 11.0. The minimum Gasteiger partial charge on any atom is -0.493 e. The Labute approximate surface area is 112 Å². The van der Waals surface area contributed by atoms with Gasteiger partial charge < -0.3 is 19.7 Å². The highest BCUT2D eigenvalue weighted by Crippen LogP contribution is 2.28. The molecule has 1 heterocycles. The fourth-order valence-electron chi connectivity index (χ4n) is 1.92. The molecule has 2 rings (SSSR count). The lowest BCUT2D eigenvalue weighted by Gasteiger charge is -2.16. The Morgan fingerprint density at radius 3 is 2.95 bits per heavy atom. The lowest BCUT2D eigenvalue weighted by molar-refractivity contribution is 0.201. The molecule has 0 aromatic heterocycles. The zero-order valence-electron chi connectivity index (χ0n) is 11.0. The van der Waals surface area contributed by atoms with Crippen LogP contribution >= 0.6 is 0 Å². The van der Waals surface area contributed by atoms with E-state index in [1.807, 2.05) is 18.2 Å². The Morgan fingerprint density at radius 1 is 1.47 bits per heavy atom. The zero-order chi connectivity index (χ0) is 13.7. The number of urea groups is 1. The summed E-state index contributed by atoms with van der Waals surface area (Å²) in [5.74, 6) is 1.34. The first-order valence-corrected chi connectivity index (χ1v) is 6.20. The van der Waals surface area contributed by atoms with Gasteiger partial charge in [0.05, 0.1) is 13.7 Å². The molecule has 1 aliphatic heterocycles. The van der Waals surface area contributed by atoms with Crippen molar-refractivity contribution in [3.63, 3.8) is 0 Å². The number of nitrogens with zero attached hydrogens (tertiary/aromatic N) is 1. The Balaban J connectivity index is 1.91. The average molecular weight is 262 g/mol. The van der Waals surface area contributed by atoms with E-state index in [0.29, 0.717) is 31.2 Å². The Hall–Kier alpha value is -2.17. The average Bonchev–Trinajstić information content (AvgIpc) is 2.84. The summed E-state index contributed by atoms with van der Waals surface area (Å²) in [6.45, 7) is 6.16. The van der Waals surface area contributed by atoms with Crippen LogP contribution in [0.1, 0.15) is 5.56 Å². The molecular formula is C14H18N2O3. The highest BCUT2D eigenvalue weighted by atomic mass is 16.5. The lowest BCUT2D eigenvalue weighted by Crippen LogP contribution is -2.31. The Morgan fingerprint density at radius 2 is 2.32 bits per heavy atom. The second-order valence-electron chi connectivity index (χ2n) is 4.18. The summed E-state index contributed by atoms with van der Waals surface area (Å²) in [5, 5.41) is 2.75. The number of nitrogens with one attached hydrogen (secondary N) is 1. The Kier molecular flexibility index (Phi) is 4.28. The molecule has 0 spiro atoms. The molecule has 0 bridgehead atoms. The second-order valence-corrected chi connectivity index (χ2v) is 4.18. The molecule has 19 heavy (non-hydrogen) atoms. The predicted octanol–water partition coefficient (Wildman–Crippen LogP) is 1.74. The number of carbonyl (C=O) groups is 1. The van der Waals surface area contributed by atoms with Gasteiger partial charge in [-0.15, -0.1) is 0 Å². The third-order valence-corrected chi connectivity index (χ3v) is 2.99. The summed E-state index contributed by atoms with van der Waals surface area (Å²) >= 11 is 0. The molecule has 1 aromatic carbocycles. The number of hydrogen-bond donors (Lipinski definition) is 1. The van der Waals surface area contributed by atoms with Crippen molar-refractivity contribution in [2.24, 2.45) is 0 Å². The molecule has 1 aromatic rings. The first-order chi connectivity index (χ1) is 9.24. The van der Waals surface area contributed by atoms with Crippen molar-refractivity contribution < 1.29 is 14.3 Å². The van der Waals surface area contributed by atoms with E-state index in [1.165, 1.54) is 0 Å². The smallest absolute Gasteiger partial charge is 0.317 e. The van der Waals surface area contributed by atoms with Crippen molar-refractivity contribution in [2.75, 3.05) is 33.4 Å². The highest BCUT2D eigenvalue weighted by molar-refractivity contribution is 5.76. The molecule has 0 radical (unpaired) electrons. The van der Waals surface area contributed by atoms with Gasteiger partial charge in [0.1, 0.15) is 6.61 Å². The van der Waals surface area contributed by atoms with E-state index in [4.69, 9.17) is 9.47 Å². The lowest BCUT2D eigenvalue weighted by atomic mass is 10.2. The summed E-state index contributed by atoms with van der Waals surface area (Å²) in [4.78, 5) is 13.1. The van der Waals surface area contributed by atoms with Gasteiger partial charge in [0.25, 0.3) is 0 Å². The van der Waals surface area contributed by atoms with E-state index in [2.05, 4.69) is 11.9 Å². The molecule has 5 nitrogen and oxygen atoms in total. The molecule has 1 saturated heterocycles. The number of benzene rings is 1. The second kappa shape index (κ2) is 6.13. The van der Waals surface area contributed by atoms with E-state index in [0.717, 1.165) is 12.1 Å². The monoisotopic (exact) mass is 262 g/mol. The number of methoxy groups -OCH3 is 1. The van der Waals surface area contributed by atoms with E-state index < -0.39 is 0 Å². The molecule has 0 saturated carbocycles. The molecule has 2 amide bonds. The summed E-state index contributed by atoms with van der Waals surface area (Å²) < 4.78 is 10.9. The van der Waals surface area contributed by atoms with Gasteiger partial charge in [-0.1, -0.05) is 18.7 Å². The molecule has 102 valence electrons. The third kappa shape index (κ3) is 3.19. The quantitative estimate of drug-likeness (QED) is 0.849. The van der Waals surface area contributed by atoms with Crippen LogP contribution in [0.2, 0.25) is 0 Å². The van der Waals surface area contributed by atoms with Crippen LogP contribution < -0.4 is 14.8 Å². The number of hydrogen-bond acceptors (Lipinski definition) is 3. The van der Waals surface area contributed by atoms with Crippen LogP contribution in [0.5, 0.6) is 11.5 Å². The minimum absolute atomic E-state index is 0.0300. The molecule has 5 heteroatoms. The first kappa shape index (κ1) is 13.3. The number of rotatable bonds is 6. The normalized spacial score (nSPS) is 14.2. The molecule has 0 aliphatic carbocycles. The number of amides is 2. The standard InChI is InChI=1S/C14H18N2O3/c1-3-11-4-5-12(13(10-11)18-2)19-9-8-16-7-6-15-14(16)17/h3-5,10H,1,6-9H2,2H3,(H,15,17). The van der Waals surface area contributed by atoms with Crippen molar-refractivity contribution in [2.45, 2.75) is 0 Å². The van der Waals surface area contributed by atoms with Gasteiger partial charge in [-0.2, -0.15) is 0 Å². The van der Waals surface area contributed by atoms with Crippen LogP contribution in [-0.2, 0) is 0 Å². The topological polar surface area (TPSA) is 50.8 Å². The van der Waals surface area contributed by atoms with Crippen molar-refractivity contribution in [3.05, 3.63) is 30.3 Å². The van der Waals surface area contributed by atoms with Gasteiger partial charge in [0.15, 0.2) is 11.5 Å². The van der Waals surface area contributed by atoms with Crippen LogP contribution in [0.4, 0.5) is 4.79 Å². The maximum atomic E-state index is 11.3.